The van der Waals surface area contributed by atoms with E-state index < -0.39 is 0 Å². The highest BCUT2D eigenvalue weighted by Crippen LogP contribution is 2.29. The standard InChI is InChI=1S/C24H26N2O3/c1-15-6-4-7-16(2)24(15)25-22(27)14-26(3)13-19-12-23(28)29-21-11-18-9-5-8-17(18)10-20(19)21/h4,6-7,10-12H,5,8-9,13-14H2,1-3H3,(H,25,27). The number of nitrogens with one attached hydrogen (secondary N) is 1. The van der Waals surface area contributed by atoms with E-state index in [1.165, 1.54) is 11.1 Å². The van der Waals surface area contributed by atoms with Gasteiger partial charge in [0.05, 0.1) is 6.54 Å². The molecule has 1 aliphatic rings. The molecule has 0 atom stereocenters. The summed E-state index contributed by atoms with van der Waals surface area (Å²) < 4.78 is 5.44. The molecule has 0 spiro atoms. The van der Waals surface area contributed by atoms with Gasteiger partial charge in [0.15, 0.2) is 0 Å². The van der Waals surface area contributed by atoms with Crippen molar-refractivity contribution < 1.29 is 9.21 Å². The molecule has 5 nitrogen and oxygen atoms in total. The van der Waals surface area contributed by atoms with Crippen LogP contribution in [0, 0.1) is 13.8 Å². The number of rotatable bonds is 5. The van der Waals surface area contributed by atoms with E-state index in [9.17, 15) is 9.59 Å². The Labute approximate surface area is 170 Å². The summed E-state index contributed by atoms with van der Waals surface area (Å²) in [4.78, 5) is 26.5. The van der Waals surface area contributed by atoms with Gasteiger partial charge in [-0.1, -0.05) is 18.2 Å². The average molecular weight is 390 g/mol. The number of benzene rings is 2. The second-order valence-corrected chi connectivity index (χ2v) is 8.05. The molecule has 4 rings (SSSR count). The second kappa shape index (κ2) is 7.84. The molecule has 1 aromatic heterocycles. The second-order valence-electron chi connectivity index (χ2n) is 8.05. The molecule has 0 aliphatic heterocycles. The molecule has 1 aliphatic carbocycles. The zero-order valence-corrected chi connectivity index (χ0v) is 17.2. The molecule has 2 aromatic carbocycles. The van der Waals surface area contributed by atoms with Gasteiger partial charge in [0.1, 0.15) is 5.58 Å². The summed E-state index contributed by atoms with van der Waals surface area (Å²) in [5.41, 5.74) is 6.76. The quantitative estimate of drug-likeness (QED) is 0.670. The molecule has 0 saturated carbocycles. The molecule has 29 heavy (non-hydrogen) atoms. The molecule has 0 fully saturated rings. The summed E-state index contributed by atoms with van der Waals surface area (Å²) in [7, 11) is 1.89. The van der Waals surface area contributed by atoms with Gasteiger partial charge in [-0.2, -0.15) is 0 Å². The maximum Gasteiger partial charge on any atom is 0.336 e. The van der Waals surface area contributed by atoms with Gasteiger partial charge in [-0.05, 0) is 80.1 Å². The van der Waals surface area contributed by atoms with Crippen molar-refractivity contribution in [2.75, 3.05) is 18.9 Å². The van der Waals surface area contributed by atoms with Crippen LogP contribution in [0.4, 0.5) is 5.69 Å². The highest BCUT2D eigenvalue weighted by molar-refractivity contribution is 5.93. The smallest absolute Gasteiger partial charge is 0.336 e. The zero-order chi connectivity index (χ0) is 20.5. The number of amides is 1. The minimum absolute atomic E-state index is 0.0712. The van der Waals surface area contributed by atoms with Gasteiger partial charge in [-0.25, -0.2) is 4.79 Å². The molecule has 1 heterocycles. The normalized spacial score (nSPS) is 13.1. The van der Waals surface area contributed by atoms with Gasteiger partial charge >= 0.3 is 5.63 Å². The van der Waals surface area contributed by atoms with E-state index in [4.69, 9.17) is 4.42 Å². The Morgan fingerprint density at radius 2 is 1.79 bits per heavy atom. The largest absolute Gasteiger partial charge is 0.423 e. The fourth-order valence-corrected chi connectivity index (χ4v) is 4.21. The minimum atomic E-state index is -0.348. The Morgan fingerprint density at radius 3 is 2.52 bits per heavy atom. The lowest BCUT2D eigenvalue weighted by atomic mass is 10.0. The minimum Gasteiger partial charge on any atom is -0.423 e. The number of aryl methyl sites for hydroxylation is 4. The molecule has 0 saturated heterocycles. The molecule has 0 bridgehead atoms. The van der Waals surface area contributed by atoms with E-state index >= 15 is 0 Å². The third-order valence-corrected chi connectivity index (χ3v) is 5.64. The van der Waals surface area contributed by atoms with Crippen LogP contribution in [-0.4, -0.2) is 24.4 Å². The van der Waals surface area contributed by atoms with Gasteiger partial charge in [0, 0.05) is 23.7 Å². The first-order valence-corrected chi connectivity index (χ1v) is 10.0. The number of carbonyl (C=O) groups is 1. The van der Waals surface area contributed by atoms with E-state index in [2.05, 4.69) is 11.4 Å². The number of nitrogens with zero attached hydrogens (tertiary/aromatic N) is 1. The lowest BCUT2D eigenvalue weighted by molar-refractivity contribution is -0.117. The maximum absolute atomic E-state index is 12.6. The first-order chi connectivity index (χ1) is 13.9. The van der Waals surface area contributed by atoms with E-state index in [1.54, 1.807) is 6.07 Å². The van der Waals surface area contributed by atoms with Crippen molar-refractivity contribution >= 4 is 22.6 Å². The number of carbonyl (C=O) groups excluding carboxylic acids is 1. The van der Waals surface area contributed by atoms with Crippen molar-refractivity contribution in [2.45, 2.75) is 39.7 Å². The van der Waals surface area contributed by atoms with Gasteiger partial charge in [0.25, 0.3) is 0 Å². The van der Waals surface area contributed by atoms with Crippen LogP contribution in [0.15, 0.2) is 45.6 Å². The Kier molecular flexibility index (Phi) is 5.24. The Balaban J connectivity index is 1.52. The van der Waals surface area contributed by atoms with Crippen molar-refractivity contribution in [2.24, 2.45) is 0 Å². The van der Waals surface area contributed by atoms with E-state index in [1.807, 2.05) is 50.1 Å². The van der Waals surface area contributed by atoms with Gasteiger partial charge in [-0.3, -0.25) is 9.69 Å². The molecule has 150 valence electrons. The molecule has 5 heteroatoms. The zero-order valence-electron chi connectivity index (χ0n) is 17.2. The number of hydrogen-bond acceptors (Lipinski definition) is 4. The van der Waals surface area contributed by atoms with Gasteiger partial charge in [0.2, 0.25) is 5.91 Å². The molecule has 0 radical (unpaired) electrons. The number of fused-ring (bicyclic) bond motifs is 2. The van der Waals surface area contributed by atoms with Gasteiger partial charge < -0.3 is 9.73 Å². The first-order valence-electron chi connectivity index (χ1n) is 10.0. The van der Waals surface area contributed by atoms with Crippen molar-refractivity contribution in [3.8, 4) is 0 Å². The number of hydrogen-bond donors (Lipinski definition) is 1. The Hall–Kier alpha value is -2.92. The van der Waals surface area contributed by atoms with Crippen LogP contribution in [0.2, 0.25) is 0 Å². The Bertz CT molecular complexity index is 1130. The Morgan fingerprint density at radius 1 is 1.10 bits per heavy atom. The maximum atomic E-state index is 12.6. The summed E-state index contributed by atoms with van der Waals surface area (Å²) in [6.45, 7) is 4.71. The first kappa shape index (κ1) is 19.4. The van der Waals surface area contributed by atoms with Crippen LogP contribution in [0.5, 0.6) is 0 Å². The lowest BCUT2D eigenvalue weighted by Crippen LogP contribution is -2.30. The van der Waals surface area contributed by atoms with Crippen LogP contribution < -0.4 is 10.9 Å². The van der Waals surface area contributed by atoms with Crippen molar-refractivity contribution in [1.29, 1.82) is 0 Å². The van der Waals surface area contributed by atoms with Crippen molar-refractivity contribution in [1.82, 2.24) is 4.90 Å². The summed E-state index contributed by atoms with van der Waals surface area (Å²) >= 11 is 0. The molecule has 1 N–H and O–H groups in total. The van der Waals surface area contributed by atoms with Crippen molar-refractivity contribution in [3.05, 3.63) is 74.6 Å². The predicted molar refractivity (Wildman–Crippen MR) is 115 cm³/mol. The number of para-hydroxylation sites is 1. The molecule has 1 amide bonds. The van der Waals surface area contributed by atoms with Gasteiger partial charge in [-0.15, -0.1) is 0 Å². The highest BCUT2D eigenvalue weighted by atomic mass is 16.4. The summed E-state index contributed by atoms with van der Waals surface area (Å²) in [5, 5.41) is 3.98. The van der Waals surface area contributed by atoms with Crippen LogP contribution in [0.3, 0.4) is 0 Å². The third-order valence-electron chi connectivity index (χ3n) is 5.64. The number of likely N-dealkylation sites (N-methyl/N-ethyl adjacent to an activating group) is 1. The topological polar surface area (TPSA) is 62.6 Å². The van der Waals surface area contributed by atoms with Crippen LogP contribution in [0.1, 0.15) is 34.2 Å². The monoisotopic (exact) mass is 390 g/mol. The molecule has 3 aromatic rings. The average Bonchev–Trinajstić information content (AvgIpc) is 3.10. The molecular formula is C24H26N2O3. The summed E-state index contributed by atoms with van der Waals surface area (Å²) in [6, 6.07) is 11.7. The fourth-order valence-electron chi connectivity index (χ4n) is 4.21. The predicted octanol–water partition coefficient (Wildman–Crippen LogP) is 3.97. The van der Waals surface area contributed by atoms with Crippen LogP contribution >= 0.6 is 0 Å². The number of anilines is 1. The molecular weight excluding hydrogens is 364 g/mol. The highest BCUT2D eigenvalue weighted by Gasteiger charge is 2.17. The third kappa shape index (κ3) is 4.10. The van der Waals surface area contributed by atoms with Crippen LogP contribution in [-0.2, 0) is 24.2 Å². The summed E-state index contributed by atoms with van der Waals surface area (Å²) in [6.07, 6.45) is 3.25. The molecule has 0 unspecified atom stereocenters. The SMILES string of the molecule is Cc1cccc(C)c1NC(=O)CN(C)Cc1cc(=O)oc2cc3c(cc12)CCC3. The van der Waals surface area contributed by atoms with E-state index in [-0.39, 0.29) is 18.1 Å². The van der Waals surface area contributed by atoms with Crippen molar-refractivity contribution in [3.63, 3.8) is 0 Å². The lowest BCUT2D eigenvalue weighted by Gasteiger charge is -2.18. The van der Waals surface area contributed by atoms with E-state index in [0.717, 1.165) is 47.0 Å². The fraction of sp³-hybridized carbons (Fsp3) is 0.333. The summed E-state index contributed by atoms with van der Waals surface area (Å²) in [5.74, 6) is -0.0712. The van der Waals surface area contributed by atoms with E-state index in [0.29, 0.717) is 12.1 Å². The van der Waals surface area contributed by atoms with Crippen LogP contribution in [0.25, 0.3) is 11.0 Å².